The van der Waals surface area contributed by atoms with E-state index >= 15 is 0 Å². The van der Waals surface area contributed by atoms with E-state index in [1.165, 1.54) is 0 Å². The lowest BCUT2D eigenvalue weighted by Crippen LogP contribution is -2.47. The summed E-state index contributed by atoms with van der Waals surface area (Å²) in [5.74, 6) is 0.470. The molecule has 0 radical (unpaired) electrons. The zero-order valence-electron chi connectivity index (χ0n) is 18.7. The number of benzene rings is 2. The Balaban J connectivity index is 1.52. The van der Waals surface area contributed by atoms with Gasteiger partial charge in [-0.05, 0) is 55.9 Å². The van der Waals surface area contributed by atoms with E-state index in [0.717, 1.165) is 23.3 Å². The predicted octanol–water partition coefficient (Wildman–Crippen LogP) is 3.29. The van der Waals surface area contributed by atoms with Crippen molar-refractivity contribution >= 4 is 17.8 Å². The van der Waals surface area contributed by atoms with Crippen LogP contribution in [0.4, 0.5) is 4.79 Å². The maximum atomic E-state index is 13.3. The second-order valence-corrected chi connectivity index (χ2v) is 8.76. The van der Waals surface area contributed by atoms with Crippen molar-refractivity contribution in [2.75, 3.05) is 13.7 Å². The first kappa shape index (κ1) is 21.9. The number of ether oxygens (including phenoxy) is 1. The number of methoxy groups -OCH3 is 1. The lowest BCUT2D eigenvalue weighted by Gasteiger charge is -2.31. The molecule has 2 aromatic rings. The number of hydrogen-bond donors (Lipinski definition) is 1. The average molecular weight is 436 g/mol. The topological polar surface area (TPSA) is 79.0 Å². The Kier molecular flexibility index (Phi) is 5.91. The summed E-state index contributed by atoms with van der Waals surface area (Å²) in [7, 11) is 1.57. The lowest BCUT2D eigenvalue weighted by molar-refractivity contribution is -0.140. The van der Waals surface area contributed by atoms with Gasteiger partial charge in [-0.25, -0.2) is 4.79 Å². The van der Waals surface area contributed by atoms with E-state index in [9.17, 15) is 14.4 Å². The molecular weight excluding hydrogens is 406 g/mol. The molecule has 0 spiro atoms. The molecule has 7 heteroatoms. The minimum atomic E-state index is -1.23. The van der Waals surface area contributed by atoms with Crippen LogP contribution < -0.4 is 10.1 Å². The predicted molar refractivity (Wildman–Crippen MR) is 120 cm³/mol. The van der Waals surface area contributed by atoms with Crippen LogP contribution in [0, 0.1) is 5.92 Å². The monoisotopic (exact) mass is 435 g/mol. The van der Waals surface area contributed by atoms with E-state index in [2.05, 4.69) is 5.32 Å². The van der Waals surface area contributed by atoms with Gasteiger partial charge in [-0.2, -0.15) is 0 Å². The Hall–Kier alpha value is -3.35. The maximum absolute atomic E-state index is 13.3. The average Bonchev–Trinajstić information content (AvgIpc) is 3.63. The zero-order chi connectivity index (χ0) is 22.9. The van der Waals surface area contributed by atoms with E-state index < -0.39 is 17.5 Å². The fraction of sp³-hybridized carbons (Fsp3) is 0.400. The molecule has 32 heavy (non-hydrogen) atoms. The first-order chi connectivity index (χ1) is 15.3. The van der Waals surface area contributed by atoms with Crippen LogP contribution in [0.25, 0.3) is 0 Å². The molecule has 7 nitrogen and oxygen atoms in total. The summed E-state index contributed by atoms with van der Waals surface area (Å²) in [6.07, 6.45) is 2.19. The molecule has 1 aliphatic heterocycles. The van der Waals surface area contributed by atoms with Crippen molar-refractivity contribution in [3.8, 4) is 5.75 Å². The quantitative estimate of drug-likeness (QED) is 0.646. The Bertz CT molecular complexity index is 1000. The number of amides is 4. The number of urea groups is 1. The number of carbonyl (C=O) groups is 3. The number of imide groups is 1. The van der Waals surface area contributed by atoms with Gasteiger partial charge in [-0.1, -0.05) is 42.5 Å². The van der Waals surface area contributed by atoms with Crippen LogP contribution in [0.1, 0.15) is 37.8 Å². The van der Waals surface area contributed by atoms with Gasteiger partial charge in [0, 0.05) is 12.6 Å². The first-order valence-electron chi connectivity index (χ1n) is 11.0. The summed E-state index contributed by atoms with van der Waals surface area (Å²) in [5, 5.41) is 2.77. The number of nitrogens with one attached hydrogen (secondary N) is 1. The van der Waals surface area contributed by atoms with Crippen LogP contribution in [0.2, 0.25) is 0 Å². The maximum Gasteiger partial charge on any atom is 0.325 e. The fourth-order valence-electron chi connectivity index (χ4n) is 4.26. The van der Waals surface area contributed by atoms with E-state index in [4.69, 9.17) is 4.74 Å². The van der Waals surface area contributed by atoms with Gasteiger partial charge < -0.3 is 15.0 Å². The molecule has 2 unspecified atom stereocenters. The van der Waals surface area contributed by atoms with Crippen molar-refractivity contribution in [1.82, 2.24) is 15.1 Å². The largest absolute Gasteiger partial charge is 0.497 e. The molecule has 4 amide bonds. The van der Waals surface area contributed by atoms with Gasteiger partial charge in [-0.15, -0.1) is 0 Å². The van der Waals surface area contributed by atoms with E-state index in [1.54, 1.807) is 43.2 Å². The van der Waals surface area contributed by atoms with Gasteiger partial charge >= 0.3 is 6.03 Å². The molecule has 1 N–H and O–H groups in total. The van der Waals surface area contributed by atoms with Gasteiger partial charge in [0.2, 0.25) is 5.91 Å². The summed E-state index contributed by atoms with van der Waals surface area (Å²) in [5.41, 5.74) is 0.434. The Morgan fingerprint density at radius 3 is 2.41 bits per heavy atom. The summed E-state index contributed by atoms with van der Waals surface area (Å²) in [6.45, 7) is 3.89. The number of carbonyl (C=O) groups excluding carboxylic acids is 3. The summed E-state index contributed by atoms with van der Waals surface area (Å²) >= 11 is 0. The molecule has 1 saturated heterocycles. The molecule has 2 aromatic carbocycles. The molecule has 1 aliphatic carbocycles. The third kappa shape index (κ3) is 4.20. The second kappa shape index (κ2) is 8.65. The first-order valence-corrected chi connectivity index (χ1v) is 11.0. The molecule has 0 bridgehead atoms. The molecule has 2 aliphatic rings. The Labute approximate surface area is 188 Å². The van der Waals surface area contributed by atoms with Crippen LogP contribution >= 0.6 is 0 Å². The van der Waals surface area contributed by atoms with Crippen molar-refractivity contribution in [2.45, 2.75) is 44.8 Å². The smallest absolute Gasteiger partial charge is 0.325 e. The van der Waals surface area contributed by atoms with Crippen molar-refractivity contribution < 1.29 is 19.1 Å². The minimum Gasteiger partial charge on any atom is -0.497 e. The SMILES string of the molecule is COc1ccc(C2(C)NC(=O)N(CC(=O)N(Cc3ccccc3)C(C)C3CC3)C2=O)cc1. The molecule has 168 valence electrons. The van der Waals surface area contributed by atoms with Gasteiger partial charge in [0.05, 0.1) is 7.11 Å². The van der Waals surface area contributed by atoms with Crippen molar-refractivity contribution in [2.24, 2.45) is 5.92 Å². The summed E-state index contributed by atoms with van der Waals surface area (Å²) in [6, 6.07) is 16.3. The minimum absolute atomic E-state index is 0.0523. The Morgan fingerprint density at radius 1 is 1.16 bits per heavy atom. The van der Waals surface area contributed by atoms with Crippen LogP contribution in [0.5, 0.6) is 5.75 Å². The molecular formula is C25H29N3O4. The third-order valence-electron chi connectivity index (χ3n) is 6.55. The summed E-state index contributed by atoms with van der Waals surface area (Å²) < 4.78 is 5.18. The standard InChI is InChI=1S/C25H29N3O4/c1-17(19-9-10-19)27(15-18-7-5-4-6-8-18)22(29)16-28-23(30)25(2,26-24(28)31)20-11-13-21(32-3)14-12-20/h4-8,11-14,17,19H,9-10,15-16H2,1-3H3,(H,26,31). The van der Waals surface area contributed by atoms with Crippen LogP contribution in [-0.4, -0.2) is 47.3 Å². The Morgan fingerprint density at radius 2 is 1.81 bits per heavy atom. The van der Waals surface area contributed by atoms with Crippen molar-refractivity contribution in [1.29, 1.82) is 0 Å². The highest BCUT2D eigenvalue weighted by Gasteiger charge is 2.50. The molecule has 2 fully saturated rings. The van der Waals surface area contributed by atoms with Crippen molar-refractivity contribution in [3.63, 3.8) is 0 Å². The molecule has 4 rings (SSSR count). The van der Waals surface area contributed by atoms with Crippen molar-refractivity contribution in [3.05, 3.63) is 65.7 Å². The third-order valence-corrected chi connectivity index (χ3v) is 6.55. The lowest BCUT2D eigenvalue weighted by atomic mass is 9.92. The van der Waals surface area contributed by atoms with Gasteiger partial charge in [0.15, 0.2) is 0 Å². The molecule has 1 heterocycles. The van der Waals surface area contributed by atoms with E-state index in [0.29, 0.717) is 23.8 Å². The fourth-order valence-corrected chi connectivity index (χ4v) is 4.26. The molecule has 1 saturated carbocycles. The number of nitrogens with zero attached hydrogens (tertiary/aromatic N) is 2. The van der Waals surface area contributed by atoms with E-state index in [1.807, 2.05) is 37.3 Å². The van der Waals surface area contributed by atoms with Crippen LogP contribution in [-0.2, 0) is 21.7 Å². The highest BCUT2D eigenvalue weighted by atomic mass is 16.5. The normalized spacial score (nSPS) is 21.3. The second-order valence-electron chi connectivity index (χ2n) is 8.76. The van der Waals surface area contributed by atoms with E-state index in [-0.39, 0.29) is 18.5 Å². The zero-order valence-corrected chi connectivity index (χ0v) is 18.7. The van der Waals surface area contributed by atoms with Gasteiger partial charge in [-0.3, -0.25) is 14.5 Å². The molecule has 0 aromatic heterocycles. The van der Waals surface area contributed by atoms with Crippen LogP contribution in [0.15, 0.2) is 54.6 Å². The van der Waals surface area contributed by atoms with Gasteiger partial charge in [0.25, 0.3) is 5.91 Å². The number of rotatable bonds is 8. The highest BCUT2D eigenvalue weighted by Crippen LogP contribution is 2.36. The van der Waals surface area contributed by atoms with Gasteiger partial charge in [0.1, 0.15) is 17.8 Å². The summed E-state index contributed by atoms with van der Waals surface area (Å²) in [4.78, 5) is 42.2. The number of hydrogen-bond acceptors (Lipinski definition) is 4. The molecule has 2 atom stereocenters. The highest BCUT2D eigenvalue weighted by molar-refractivity contribution is 6.09. The van der Waals surface area contributed by atoms with Crippen LogP contribution in [0.3, 0.4) is 0 Å².